The lowest BCUT2D eigenvalue weighted by atomic mass is 10.1. The van der Waals surface area contributed by atoms with E-state index in [9.17, 15) is 9.59 Å². The van der Waals surface area contributed by atoms with Gasteiger partial charge in [-0.1, -0.05) is 22.0 Å². The number of nitrogens with one attached hydrogen (secondary N) is 1. The van der Waals surface area contributed by atoms with Crippen LogP contribution >= 0.6 is 15.9 Å². The number of benzene rings is 2. The van der Waals surface area contributed by atoms with Crippen LogP contribution in [0.2, 0.25) is 0 Å². The molecule has 0 aliphatic carbocycles. The molecule has 1 amide bonds. The van der Waals surface area contributed by atoms with Crippen LogP contribution in [0.25, 0.3) is 11.0 Å². The lowest BCUT2D eigenvalue weighted by Crippen LogP contribution is -2.22. The predicted molar refractivity (Wildman–Crippen MR) is 108 cm³/mol. The van der Waals surface area contributed by atoms with Gasteiger partial charge in [0.05, 0.1) is 0 Å². The highest BCUT2D eigenvalue weighted by molar-refractivity contribution is 9.10. The van der Waals surface area contributed by atoms with Gasteiger partial charge in [-0.15, -0.1) is 0 Å². The van der Waals surface area contributed by atoms with E-state index in [-0.39, 0.29) is 5.56 Å². The van der Waals surface area contributed by atoms with Crippen LogP contribution in [-0.2, 0) is 0 Å². The molecule has 0 atom stereocenters. The fourth-order valence-electron chi connectivity index (χ4n) is 2.81. The van der Waals surface area contributed by atoms with Crippen LogP contribution in [-0.4, -0.2) is 19.0 Å². The minimum Gasteiger partial charge on any atom is -0.422 e. The maximum Gasteiger partial charge on any atom is 0.349 e. The summed E-state index contributed by atoms with van der Waals surface area (Å²) < 4.78 is 6.24. The molecule has 5 nitrogen and oxygen atoms in total. The van der Waals surface area contributed by atoms with Gasteiger partial charge in [0.1, 0.15) is 11.1 Å². The van der Waals surface area contributed by atoms with E-state index in [0.29, 0.717) is 16.7 Å². The number of anilines is 2. The summed E-state index contributed by atoms with van der Waals surface area (Å²) in [5.74, 6) is -0.494. The summed E-state index contributed by atoms with van der Waals surface area (Å²) in [5, 5.41) is 3.42. The summed E-state index contributed by atoms with van der Waals surface area (Å²) in [4.78, 5) is 26.9. The smallest absolute Gasteiger partial charge is 0.349 e. The lowest BCUT2D eigenvalue weighted by molar-refractivity contribution is 0.102. The van der Waals surface area contributed by atoms with Crippen molar-refractivity contribution in [3.63, 3.8) is 0 Å². The third kappa shape index (κ3) is 3.80. The van der Waals surface area contributed by atoms with Crippen molar-refractivity contribution in [2.24, 2.45) is 0 Å². The Hall–Kier alpha value is -2.60. The molecule has 0 unspecified atom stereocenters. The fourth-order valence-corrected chi connectivity index (χ4v) is 3.21. The molecule has 1 N–H and O–H groups in total. The van der Waals surface area contributed by atoms with Crippen LogP contribution in [0.3, 0.4) is 0 Å². The van der Waals surface area contributed by atoms with Gasteiger partial charge >= 0.3 is 5.63 Å². The Kier molecular flexibility index (Phi) is 5.42. The lowest BCUT2D eigenvalue weighted by Gasteiger charge is -2.21. The number of hydrogen-bond donors (Lipinski definition) is 1. The van der Waals surface area contributed by atoms with Gasteiger partial charge in [0.25, 0.3) is 5.91 Å². The van der Waals surface area contributed by atoms with Crippen molar-refractivity contribution in [3.05, 3.63) is 69.0 Å². The fraction of sp³-hybridized carbons (Fsp3) is 0.200. The molecule has 6 heteroatoms. The number of fused-ring (bicyclic) bond motifs is 1. The molecule has 0 aliphatic heterocycles. The number of rotatable bonds is 5. The first-order valence-corrected chi connectivity index (χ1v) is 9.21. The summed E-state index contributed by atoms with van der Waals surface area (Å²) in [5.41, 5.74) is 1.38. The van der Waals surface area contributed by atoms with Gasteiger partial charge < -0.3 is 14.6 Å². The maximum atomic E-state index is 12.5. The highest BCUT2D eigenvalue weighted by Crippen LogP contribution is 2.22. The molecule has 0 saturated carbocycles. The molecule has 134 valence electrons. The van der Waals surface area contributed by atoms with Crippen LogP contribution in [0.4, 0.5) is 11.4 Å². The van der Waals surface area contributed by atoms with Crippen LogP contribution < -0.4 is 15.8 Å². The molecule has 1 aromatic heterocycles. The van der Waals surface area contributed by atoms with E-state index in [2.05, 4.69) is 40.0 Å². The van der Waals surface area contributed by atoms with Crippen molar-refractivity contribution in [1.29, 1.82) is 0 Å². The second-order valence-corrected chi connectivity index (χ2v) is 6.72. The zero-order valence-electron chi connectivity index (χ0n) is 14.6. The Morgan fingerprint density at radius 1 is 1.12 bits per heavy atom. The van der Waals surface area contributed by atoms with Gasteiger partial charge in [-0.05, 0) is 50.2 Å². The van der Waals surface area contributed by atoms with E-state index < -0.39 is 11.5 Å². The van der Waals surface area contributed by atoms with E-state index in [4.69, 9.17) is 4.42 Å². The molecule has 0 fully saturated rings. The summed E-state index contributed by atoms with van der Waals surface area (Å²) in [7, 11) is 0. The molecular formula is C20H19BrN2O3. The Labute approximate surface area is 159 Å². The first kappa shape index (κ1) is 18.2. The normalized spacial score (nSPS) is 10.7. The number of nitrogens with zero attached hydrogens (tertiary/aromatic N) is 1. The van der Waals surface area contributed by atoms with Crippen LogP contribution in [0.15, 0.2) is 62.2 Å². The molecule has 3 rings (SSSR count). The van der Waals surface area contributed by atoms with Gasteiger partial charge in [0, 0.05) is 40.4 Å². The van der Waals surface area contributed by atoms with Crippen LogP contribution in [0.5, 0.6) is 0 Å². The number of amides is 1. The van der Waals surface area contributed by atoms with Crippen molar-refractivity contribution in [2.75, 3.05) is 23.3 Å². The van der Waals surface area contributed by atoms with Crippen LogP contribution in [0, 0.1) is 0 Å². The topological polar surface area (TPSA) is 62.6 Å². The third-order valence-electron chi connectivity index (χ3n) is 4.18. The molecule has 26 heavy (non-hydrogen) atoms. The SMILES string of the molecule is CCN(CC)c1ccc2cc(C(=O)Nc3cccc(Br)c3)c(=O)oc2c1. The van der Waals surface area contributed by atoms with E-state index in [1.54, 1.807) is 24.3 Å². The van der Waals surface area contributed by atoms with E-state index >= 15 is 0 Å². The van der Waals surface area contributed by atoms with Crippen molar-refractivity contribution in [2.45, 2.75) is 13.8 Å². The largest absolute Gasteiger partial charge is 0.422 e. The third-order valence-corrected chi connectivity index (χ3v) is 4.67. The average Bonchev–Trinajstić information content (AvgIpc) is 2.62. The molecule has 1 heterocycles. The maximum absolute atomic E-state index is 12.5. The van der Waals surface area contributed by atoms with Gasteiger partial charge in [-0.2, -0.15) is 0 Å². The minimum atomic E-state index is -0.651. The minimum absolute atomic E-state index is 0.0203. The zero-order valence-corrected chi connectivity index (χ0v) is 16.2. The van der Waals surface area contributed by atoms with E-state index in [1.807, 2.05) is 24.3 Å². The summed E-state index contributed by atoms with van der Waals surface area (Å²) in [6, 6.07) is 14.4. The van der Waals surface area contributed by atoms with E-state index in [1.165, 1.54) is 0 Å². The molecule has 0 aliphatic rings. The summed E-state index contributed by atoms with van der Waals surface area (Å²) >= 11 is 3.35. The average molecular weight is 415 g/mol. The van der Waals surface area contributed by atoms with Crippen molar-refractivity contribution in [3.8, 4) is 0 Å². The van der Waals surface area contributed by atoms with E-state index in [0.717, 1.165) is 23.2 Å². The Morgan fingerprint density at radius 2 is 1.88 bits per heavy atom. The monoisotopic (exact) mass is 414 g/mol. The highest BCUT2D eigenvalue weighted by atomic mass is 79.9. The van der Waals surface area contributed by atoms with Crippen LogP contribution in [0.1, 0.15) is 24.2 Å². The Balaban J connectivity index is 1.94. The second kappa shape index (κ2) is 7.74. The Bertz CT molecular complexity index is 1010. The van der Waals surface area contributed by atoms with Crippen molar-refractivity contribution >= 4 is 44.2 Å². The first-order chi connectivity index (χ1) is 12.5. The molecule has 0 spiro atoms. The number of hydrogen-bond acceptors (Lipinski definition) is 4. The molecule has 3 aromatic rings. The number of carbonyl (C=O) groups is 1. The number of carbonyl (C=O) groups excluding carboxylic acids is 1. The molecule has 0 radical (unpaired) electrons. The van der Waals surface area contributed by atoms with Crippen molar-refractivity contribution in [1.82, 2.24) is 0 Å². The number of halogens is 1. The molecule has 0 bridgehead atoms. The zero-order chi connectivity index (χ0) is 18.7. The predicted octanol–water partition coefficient (Wildman–Crippen LogP) is 4.65. The van der Waals surface area contributed by atoms with Gasteiger partial charge in [-0.3, -0.25) is 4.79 Å². The molecule has 0 saturated heterocycles. The molecular weight excluding hydrogens is 396 g/mol. The van der Waals surface area contributed by atoms with Gasteiger partial charge in [0.2, 0.25) is 0 Å². The second-order valence-electron chi connectivity index (χ2n) is 5.81. The van der Waals surface area contributed by atoms with Crippen molar-refractivity contribution < 1.29 is 9.21 Å². The summed E-state index contributed by atoms with van der Waals surface area (Å²) in [6.07, 6.45) is 0. The van der Waals surface area contributed by atoms with Gasteiger partial charge in [-0.25, -0.2) is 4.79 Å². The Morgan fingerprint density at radius 3 is 2.58 bits per heavy atom. The summed E-state index contributed by atoms with van der Waals surface area (Å²) in [6.45, 7) is 5.86. The van der Waals surface area contributed by atoms with Gasteiger partial charge in [0.15, 0.2) is 0 Å². The first-order valence-electron chi connectivity index (χ1n) is 8.41. The quantitative estimate of drug-likeness (QED) is 0.616. The molecule has 2 aromatic carbocycles. The highest BCUT2D eigenvalue weighted by Gasteiger charge is 2.15. The standard InChI is InChI=1S/C20H19BrN2O3/c1-3-23(4-2)16-9-8-13-10-17(20(25)26-18(13)12-16)19(24)22-15-7-5-6-14(21)11-15/h5-12H,3-4H2,1-2H3,(H,22,24).